The normalized spacial score (nSPS) is 26.2. The highest BCUT2D eigenvalue weighted by molar-refractivity contribution is 5.70. The minimum absolute atomic E-state index is 0.170. The Kier molecular flexibility index (Phi) is 2.73. The average molecular weight is 232 g/mol. The smallest absolute Gasteiger partial charge is 0.410 e. The number of piperazine rings is 1. The first-order valence-corrected chi connectivity index (χ1v) is 6.04. The minimum Gasteiger partial charge on any atom is -0.445 e. The van der Waals surface area contributed by atoms with Gasteiger partial charge in [0.25, 0.3) is 0 Å². The number of nitrogens with one attached hydrogen (secondary N) is 1. The van der Waals surface area contributed by atoms with Crippen molar-refractivity contribution >= 4 is 6.09 Å². The van der Waals surface area contributed by atoms with Crippen LogP contribution < -0.4 is 5.32 Å². The van der Waals surface area contributed by atoms with E-state index in [1.165, 1.54) is 0 Å². The van der Waals surface area contributed by atoms with Gasteiger partial charge in [-0.25, -0.2) is 4.79 Å². The van der Waals surface area contributed by atoms with Gasteiger partial charge in [0, 0.05) is 25.2 Å². The average Bonchev–Trinajstić information content (AvgIpc) is 2.38. The standard InChI is InChI=1S/C13H16N2O2/c16-13(15-11-6-12(15)8-14-7-11)17-9-10-4-2-1-3-5-10/h1-5,11-12,14H,6-9H2. The summed E-state index contributed by atoms with van der Waals surface area (Å²) >= 11 is 0. The Morgan fingerprint density at radius 1 is 1.29 bits per heavy atom. The highest BCUT2D eigenvalue weighted by atomic mass is 16.6. The van der Waals surface area contributed by atoms with Gasteiger partial charge in [0.05, 0.1) is 0 Å². The van der Waals surface area contributed by atoms with Crippen molar-refractivity contribution in [2.45, 2.75) is 25.1 Å². The van der Waals surface area contributed by atoms with Crippen LogP contribution in [0.4, 0.5) is 4.79 Å². The van der Waals surface area contributed by atoms with E-state index in [9.17, 15) is 4.79 Å². The van der Waals surface area contributed by atoms with Crippen molar-refractivity contribution in [1.29, 1.82) is 0 Å². The van der Waals surface area contributed by atoms with E-state index in [-0.39, 0.29) is 6.09 Å². The van der Waals surface area contributed by atoms with E-state index in [1.807, 2.05) is 35.2 Å². The summed E-state index contributed by atoms with van der Waals surface area (Å²) < 4.78 is 5.33. The van der Waals surface area contributed by atoms with E-state index in [0.29, 0.717) is 18.7 Å². The third-order valence-electron chi connectivity index (χ3n) is 3.51. The number of carbonyl (C=O) groups excluding carboxylic acids is 1. The summed E-state index contributed by atoms with van der Waals surface area (Å²) in [7, 11) is 0. The van der Waals surface area contributed by atoms with Gasteiger partial charge in [0.2, 0.25) is 0 Å². The second-order valence-corrected chi connectivity index (χ2v) is 4.65. The maximum Gasteiger partial charge on any atom is 0.410 e. The summed E-state index contributed by atoms with van der Waals surface area (Å²) in [6, 6.07) is 10.5. The van der Waals surface area contributed by atoms with Gasteiger partial charge in [0.1, 0.15) is 6.61 Å². The molecule has 1 N–H and O–H groups in total. The predicted octanol–water partition coefficient (Wildman–Crippen LogP) is 1.37. The second kappa shape index (κ2) is 4.37. The molecule has 4 heteroatoms. The maximum atomic E-state index is 11.9. The Morgan fingerprint density at radius 3 is 2.65 bits per heavy atom. The summed E-state index contributed by atoms with van der Waals surface area (Å²) in [5, 5.41) is 3.29. The van der Waals surface area contributed by atoms with Crippen molar-refractivity contribution in [3.05, 3.63) is 35.9 Å². The van der Waals surface area contributed by atoms with Crippen molar-refractivity contribution in [2.24, 2.45) is 0 Å². The van der Waals surface area contributed by atoms with Crippen LogP contribution in [0.25, 0.3) is 0 Å². The molecule has 0 saturated carbocycles. The first-order chi connectivity index (χ1) is 8.34. The van der Waals surface area contributed by atoms with Crippen molar-refractivity contribution in [2.75, 3.05) is 13.1 Å². The van der Waals surface area contributed by atoms with Crippen molar-refractivity contribution in [3.8, 4) is 0 Å². The van der Waals surface area contributed by atoms with Crippen LogP contribution in [-0.4, -0.2) is 36.2 Å². The van der Waals surface area contributed by atoms with E-state index in [2.05, 4.69) is 5.32 Å². The zero-order valence-corrected chi connectivity index (χ0v) is 9.63. The molecule has 2 aliphatic heterocycles. The van der Waals surface area contributed by atoms with Crippen LogP contribution in [-0.2, 0) is 11.3 Å². The maximum absolute atomic E-state index is 11.9. The number of fused-ring (bicyclic) bond motifs is 2. The predicted molar refractivity (Wildman–Crippen MR) is 63.5 cm³/mol. The molecule has 2 atom stereocenters. The number of piperidine rings is 1. The van der Waals surface area contributed by atoms with Gasteiger partial charge in [-0.3, -0.25) is 4.90 Å². The van der Waals surface area contributed by atoms with Crippen molar-refractivity contribution < 1.29 is 9.53 Å². The van der Waals surface area contributed by atoms with Crippen LogP contribution in [0.15, 0.2) is 30.3 Å². The van der Waals surface area contributed by atoms with Gasteiger partial charge in [-0.05, 0) is 12.0 Å². The fourth-order valence-electron chi connectivity index (χ4n) is 2.57. The molecule has 0 spiro atoms. The van der Waals surface area contributed by atoms with Gasteiger partial charge < -0.3 is 10.1 Å². The van der Waals surface area contributed by atoms with Gasteiger partial charge >= 0.3 is 6.09 Å². The molecule has 2 aliphatic rings. The fraction of sp³-hybridized carbons (Fsp3) is 0.462. The van der Waals surface area contributed by atoms with E-state index < -0.39 is 0 Å². The van der Waals surface area contributed by atoms with Gasteiger partial charge in [-0.1, -0.05) is 30.3 Å². The van der Waals surface area contributed by atoms with Crippen LogP contribution in [0.2, 0.25) is 0 Å². The Labute approximate surface area is 101 Å². The van der Waals surface area contributed by atoms with Gasteiger partial charge in [-0.2, -0.15) is 0 Å². The Bertz CT molecular complexity index is 393. The molecule has 2 heterocycles. The van der Waals surface area contributed by atoms with E-state index >= 15 is 0 Å². The van der Waals surface area contributed by atoms with Crippen molar-refractivity contribution in [1.82, 2.24) is 10.2 Å². The number of benzene rings is 1. The molecule has 17 heavy (non-hydrogen) atoms. The van der Waals surface area contributed by atoms with Crippen LogP contribution in [0.5, 0.6) is 0 Å². The first-order valence-electron chi connectivity index (χ1n) is 6.04. The number of nitrogens with zero attached hydrogens (tertiary/aromatic N) is 1. The highest BCUT2D eigenvalue weighted by Gasteiger charge is 2.45. The minimum atomic E-state index is -0.170. The molecule has 1 aromatic carbocycles. The SMILES string of the molecule is O=C(OCc1ccccc1)N1C2CNCC1C2. The monoisotopic (exact) mass is 232 g/mol. The molecule has 2 unspecified atom stereocenters. The molecule has 0 aromatic heterocycles. The summed E-state index contributed by atoms with van der Waals surface area (Å²) in [5.74, 6) is 0. The lowest BCUT2D eigenvalue weighted by atomic mass is 9.89. The van der Waals surface area contributed by atoms with Crippen LogP contribution in [0.3, 0.4) is 0 Å². The number of carbonyl (C=O) groups is 1. The number of hydrogen-bond donors (Lipinski definition) is 1. The zero-order valence-electron chi connectivity index (χ0n) is 9.63. The highest BCUT2D eigenvalue weighted by Crippen LogP contribution is 2.29. The summed E-state index contributed by atoms with van der Waals surface area (Å²) in [4.78, 5) is 13.8. The van der Waals surface area contributed by atoms with Crippen LogP contribution in [0, 0.1) is 0 Å². The number of rotatable bonds is 2. The van der Waals surface area contributed by atoms with E-state index in [1.54, 1.807) is 0 Å². The third kappa shape index (κ3) is 2.00. The van der Waals surface area contributed by atoms with Crippen LogP contribution in [0.1, 0.15) is 12.0 Å². The lowest BCUT2D eigenvalue weighted by Gasteiger charge is -2.51. The summed E-state index contributed by atoms with van der Waals surface area (Å²) in [6.07, 6.45) is 0.949. The third-order valence-corrected chi connectivity index (χ3v) is 3.51. The van der Waals surface area contributed by atoms with E-state index in [4.69, 9.17) is 4.74 Å². The Morgan fingerprint density at radius 2 is 2.00 bits per heavy atom. The van der Waals surface area contributed by atoms with Gasteiger partial charge in [0.15, 0.2) is 0 Å². The molecule has 4 nitrogen and oxygen atoms in total. The Balaban J connectivity index is 1.54. The molecule has 1 amide bonds. The second-order valence-electron chi connectivity index (χ2n) is 4.65. The zero-order chi connectivity index (χ0) is 11.7. The fourth-order valence-corrected chi connectivity index (χ4v) is 2.57. The molecular weight excluding hydrogens is 216 g/mol. The quantitative estimate of drug-likeness (QED) is 0.837. The number of ether oxygens (including phenoxy) is 1. The van der Waals surface area contributed by atoms with Crippen molar-refractivity contribution in [3.63, 3.8) is 0 Å². The molecule has 0 radical (unpaired) electrons. The first kappa shape index (κ1) is 10.6. The summed E-state index contributed by atoms with van der Waals surface area (Å²) in [5.41, 5.74) is 1.03. The topological polar surface area (TPSA) is 41.6 Å². The number of hydrogen-bond acceptors (Lipinski definition) is 3. The molecule has 0 aliphatic carbocycles. The van der Waals surface area contributed by atoms with Crippen LogP contribution >= 0.6 is 0 Å². The largest absolute Gasteiger partial charge is 0.445 e. The molecule has 2 fully saturated rings. The van der Waals surface area contributed by atoms with E-state index in [0.717, 1.165) is 25.1 Å². The molecule has 90 valence electrons. The lowest BCUT2D eigenvalue weighted by Crippen LogP contribution is -2.69. The molecular formula is C13H16N2O2. The molecule has 2 saturated heterocycles. The molecule has 2 bridgehead atoms. The Hall–Kier alpha value is -1.55. The lowest BCUT2D eigenvalue weighted by molar-refractivity contribution is -0.0162. The molecule has 3 rings (SSSR count). The number of amides is 1. The van der Waals surface area contributed by atoms with Gasteiger partial charge in [-0.15, -0.1) is 0 Å². The summed E-state index contributed by atoms with van der Waals surface area (Å²) in [6.45, 7) is 2.16. The molecule has 1 aromatic rings.